The van der Waals surface area contributed by atoms with Crippen LogP contribution in [0.25, 0.3) is 11.0 Å². The van der Waals surface area contributed by atoms with Gasteiger partial charge in [-0.25, -0.2) is 0 Å². The monoisotopic (exact) mass is 238 g/mol. The van der Waals surface area contributed by atoms with Gasteiger partial charge in [-0.05, 0) is 6.07 Å². The summed E-state index contributed by atoms with van der Waals surface area (Å²) in [5, 5.41) is 10.4. The van der Waals surface area contributed by atoms with Crippen LogP contribution in [0.5, 0.6) is 5.95 Å². The van der Waals surface area contributed by atoms with Crippen molar-refractivity contribution in [2.24, 2.45) is 0 Å². The molecule has 0 atom stereocenters. The molecule has 1 aromatic heterocycles. The average molecular weight is 238 g/mol. The van der Waals surface area contributed by atoms with E-state index < -0.39 is 0 Å². The summed E-state index contributed by atoms with van der Waals surface area (Å²) in [4.78, 5) is 12.3. The fourth-order valence-corrected chi connectivity index (χ4v) is 1.99. The third-order valence-electron chi connectivity index (χ3n) is 2.84. The molecule has 0 fully saturated rings. The van der Waals surface area contributed by atoms with Crippen LogP contribution in [-0.4, -0.2) is 10.9 Å². The number of hydrogen-bond donors (Lipinski definition) is 1. The van der Waals surface area contributed by atoms with Gasteiger partial charge in [0.2, 0.25) is 5.78 Å². The van der Waals surface area contributed by atoms with Gasteiger partial charge in [0.1, 0.15) is 11.1 Å². The van der Waals surface area contributed by atoms with Crippen molar-refractivity contribution in [2.75, 3.05) is 0 Å². The van der Waals surface area contributed by atoms with Crippen LogP contribution in [0, 0.1) is 0 Å². The van der Waals surface area contributed by atoms with Crippen LogP contribution in [0.1, 0.15) is 15.9 Å². The fraction of sp³-hybridized carbons (Fsp3) is 0. The fourth-order valence-electron chi connectivity index (χ4n) is 1.99. The molecule has 3 rings (SSSR count). The summed E-state index contributed by atoms with van der Waals surface area (Å²) in [6.45, 7) is 0. The summed E-state index contributed by atoms with van der Waals surface area (Å²) in [5.41, 5.74) is 1.26. The maximum Gasteiger partial charge on any atom is 0.294 e. The Bertz CT molecular complexity index is 711. The van der Waals surface area contributed by atoms with E-state index in [-0.39, 0.29) is 17.3 Å². The predicted molar refractivity (Wildman–Crippen MR) is 67.8 cm³/mol. The van der Waals surface area contributed by atoms with Gasteiger partial charge in [-0.1, -0.05) is 48.5 Å². The Morgan fingerprint density at radius 2 is 1.61 bits per heavy atom. The molecule has 0 aliphatic carbocycles. The Balaban J connectivity index is 2.21. The van der Waals surface area contributed by atoms with Crippen LogP contribution in [0.4, 0.5) is 0 Å². The van der Waals surface area contributed by atoms with E-state index in [9.17, 15) is 9.90 Å². The molecular formula is C15H10O3. The zero-order valence-electron chi connectivity index (χ0n) is 9.46. The molecule has 3 heteroatoms. The average Bonchev–Trinajstić information content (AvgIpc) is 2.75. The molecule has 0 spiro atoms. The molecule has 88 valence electrons. The smallest absolute Gasteiger partial charge is 0.294 e. The van der Waals surface area contributed by atoms with Crippen LogP contribution < -0.4 is 0 Å². The van der Waals surface area contributed by atoms with Gasteiger partial charge in [0.05, 0.1) is 0 Å². The molecule has 0 saturated carbocycles. The molecule has 2 aromatic carbocycles. The number of rotatable bonds is 2. The van der Waals surface area contributed by atoms with E-state index >= 15 is 0 Å². The first-order valence-electron chi connectivity index (χ1n) is 5.57. The molecule has 0 saturated heterocycles. The number of ketones is 1. The van der Waals surface area contributed by atoms with E-state index in [1.807, 2.05) is 6.07 Å². The molecule has 3 nitrogen and oxygen atoms in total. The minimum absolute atomic E-state index is 0.219. The second-order valence-corrected chi connectivity index (χ2v) is 3.97. The van der Waals surface area contributed by atoms with Gasteiger partial charge in [-0.15, -0.1) is 0 Å². The van der Waals surface area contributed by atoms with Crippen molar-refractivity contribution < 1.29 is 14.3 Å². The van der Waals surface area contributed by atoms with E-state index in [0.29, 0.717) is 16.5 Å². The van der Waals surface area contributed by atoms with Gasteiger partial charge in [0, 0.05) is 10.9 Å². The zero-order valence-corrected chi connectivity index (χ0v) is 9.46. The third-order valence-corrected chi connectivity index (χ3v) is 2.84. The Labute approximate surface area is 103 Å². The second-order valence-electron chi connectivity index (χ2n) is 3.97. The van der Waals surface area contributed by atoms with Crippen molar-refractivity contribution in [1.29, 1.82) is 0 Å². The SMILES string of the molecule is O=C(c1ccccc1)c1c(O)oc2ccccc12. The molecule has 0 radical (unpaired) electrons. The van der Waals surface area contributed by atoms with Crippen LogP contribution >= 0.6 is 0 Å². The van der Waals surface area contributed by atoms with Crippen LogP contribution in [0.15, 0.2) is 59.0 Å². The first-order valence-corrected chi connectivity index (χ1v) is 5.57. The number of carbonyl (C=O) groups excluding carboxylic acids is 1. The van der Waals surface area contributed by atoms with Crippen molar-refractivity contribution in [2.45, 2.75) is 0 Å². The number of hydrogen-bond acceptors (Lipinski definition) is 3. The van der Waals surface area contributed by atoms with Crippen molar-refractivity contribution >= 4 is 16.8 Å². The summed E-state index contributed by atoms with van der Waals surface area (Å²) in [7, 11) is 0. The predicted octanol–water partition coefficient (Wildman–Crippen LogP) is 3.37. The number of aromatic hydroxyl groups is 1. The summed E-state index contributed by atoms with van der Waals surface area (Å²) < 4.78 is 5.18. The Kier molecular flexibility index (Phi) is 2.38. The summed E-state index contributed by atoms with van der Waals surface area (Å²) in [6, 6.07) is 15.9. The van der Waals surface area contributed by atoms with Crippen molar-refractivity contribution in [3.05, 3.63) is 65.7 Å². The molecule has 0 aliphatic rings. The normalized spacial score (nSPS) is 10.7. The van der Waals surface area contributed by atoms with Crippen LogP contribution in [-0.2, 0) is 0 Å². The molecule has 0 unspecified atom stereocenters. The van der Waals surface area contributed by atoms with Gasteiger partial charge in [-0.2, -0.15) is 0 Å². The molecular weight excluding hydrogens is 228 g/mol. The molecule has 1 heterocycles. The molecule has 0 bridgehead atoms. The standard InChI is InChI=1S/C15H10O3/c16-14(10-6-2-1-3-7-10)13-11-8-4-5-9-12(11)18-15(13)17/h1-9,17H. The topological polar surface area (TPSA) is 50.4 Å². The summed E-state index contributed by atoms with van der Waals surface area (Å²) >= 11 is 0. The van der Waals surface area contributed by atoms with Gasteiger partial charge >= 0.3 is 0 Å². The lowest BCUT2D eigenvalue weighted by atomic mass is 10.0. The van der Waals surface area contributed by atoms with Crippen molar-refractivity contribution in [1.82, 2.24) is 0 Å². The van der Waals surface area contributed by atoms with Crippen LogP contribution in [0.3, 0.4) is 0 Å². The lowest BCUT2D eigenvalue weighted by molar-refractivity contribution is 0.103. The van der Waals surface area contributed by atoms with E-state index in [0.717, 1.165) is 0 Å². The van der Waals surface area contributed by atoms with E-state index in [4.69, 9.17) is 4.42 Å². The maximum atomic E-state index is 12.3. The van der Waals surface area contributed by atoms with Gasteiger partial charge in [0.25, 0.3) is 5.95 Å². The van der Waals surface area contributed by atoms with Gasteiger partial charge in [-0.3, -0.25) is 4.79 Å². The quantitative estimate of drug-likeness (QED) is 0.696. The molecule has 18 heavy (non-hydrogen) atoms. The molecule has 0 aliphatic heterocycles. The highest BCUT2D eigenvalue weighted by atomic mass is 16.5. The van der Waals surface area contributed by atoms with Crippen molar-refractivity contribution in [3.63, 3.8) is 0 Å². The van der Waals surface area contributed by atoms with Crippen molar-refractivity contribution in [3.8, 4) is 5.95 Å². The number of benzene rings is 2. The Morgan fingerprint density at radius 1 is 0.944 bits per heavy atom. The van der Waals surface area contributed by atoms with Gasteiger partial charge < -0.3 is 9.52 Å². The lowest BCUT2D eigenvalue weighted by Crippen LogP contribution is -2.00. The Hall–Kier alpha value is -2.55. The summed E-state index contributed by atoms with van der Waals surface area (Å²) in [6.07, 6.45) is 0. The summed E-state index contributed by atoms with van der Waals surface area (Å²) in [5.74, 6) is -0.567. The molecule has 1 N–H and O–H groups in total. The minimum Gasteiger partial charge on any atom is -0.480 e. The first-order chi connectivity index (χ1) is 8.77. The number of para-hydroxylation sites is 1. The second kappa shape index (κ2) is 4.04. The minimum atomic E-state index is -0.329. The number of furan rings is 1. The highest BCUT2D eigenvalue weighted by molar-refractivity contribution is 6.17. The largest absolute Gasteiger partial charge is 0.480 e. The number of carbonyl (C=O) groups is 1. The third kappa shape index (κ3) is 1.57. The molecule has 3 aromatic rings. The zero-order chi connectivity index (χ0) is 12.5. The Morgan fingerprint density at radius 3 is 2.39 bits per heavy atom. The molecule has 0 amide bonds. The van der Waals surface area contributed by atoms with E-state index in [2.05, 4.69) is 0 Å². The van der Waals surface area contributed by atoms with Crippen LogP contribution in [0.2, 0.25) is 0 Å². The highest BCUT2D eigenvalue weighted by Gasteiger charge is 2.21. The van der Waals surface area contributed by atoms with Gasteiger partial charge in [0.15, 0.2) is 0 Å². The highest BCUT2D eigenvalue weighted by Crippen LogP contribution is 2.32. The maximum absolute atomic E-state index is 12.3. The van der Waals surface area contributed by atoms with E-state index in [1.165, 1.54) is 0 Å². The van der Waals surface area contributed by atoms with E-state index in [1.54, 1.807) is 48.5 Å². The first kappa shape index (κ1) is 10.6. The lowest BCUT2D eigenvalue weighted by Gasteiger charge is -1.98. The number of fused-ring (bicyclic) bond motifs is 1.